The number of alkyl halides is 3. The predicted molar refractivity (Wildman–Crippen MR) is 66.7 cm³/mol. The molecule has 5 nitrogen and oxygen atoms in total. The molecule has 2 aliphatic rings. The summed E-state index contributed by atoms with van der Waals surface area (Å²) in [7, 11) is 1.54. The second kappa shape index (κ2) is 4.95. The summed E-state index contributed by atoms with van der Waals surface area (Å²) in [6, 6.07) is 0. The highest BCUT2D eigenvalue weighted by atomic mass is 19.4. The third-order valence-corrected chi connectivity index (χ3v) is 4.74. The number of rotatable bonds is 3. The SMILES string of the molecule is COC1(c2noc(C3(C(F)(F)F)CCNC3)n2)CCCC1. The minimum Gasteiger partial charge on any atom is -0.370 e. The molecule has 0 aromatic carbocycles. The van der Waals surface area contributed by atoms with Gasteiger partial charge in [-0.25, -0.2) is 0 Å². The molecule has 2 fully saturated rings. The van der Waals surface area contributed by atoms with Gasteiger partial charge >= 0.3 is 6.18 Å². The van der Waals surface area contributed by atoms with E-state index in [1.807, 2.05) is 0 Å². The molecular formula is C13H18F3N3O2. The highest BCUT2D eigenvalue weighted by Crippen LogP contribution is 2.46. The van der Waals surface area contributed by atoms with Gasteiger partial charge in [0.05, 0.1) is 0 Å². The number of nitrogens with zero attached hydrogens (tertiary/aromatic N) is 2. The van der Waals surface area contributed by atoms with Gasteiger partial charge in [-0.15, -0.1) is 0 Å². The number of methoxy groups -OCH3 is 1. The molecule has 21 heavy (non-hydrogen) atoms. The van der Waals surface area contributed by atoms with E-state index < -0.39 is 17.2 Å². The van der Waals surface area contributed by atoms with Crippen LogP contribution in [-0.4, -0.2) is 36.5 Å². The molecule has 1 aromatic heterocycles. The zero-order chi connectivity index (χ0) is 15.1. The summed E-state index contributed by atoms with van der Waals surface area (Å²) in [5.74, 6) is -0.105. The average molecular weight is 305 g/mol. The van der Waals surface area contributed by atoms with Crippen LogP contribution in [0.2, 0.25) is 0 Å². The Morgan fingerprint density at radius 3 is 2.48 bits per heavy atom. The molecule has 0 bridgehead atoms. The van der Waals surface area contributed by atoms with Crippen molar-refractivity contribution in [2.24, 2.45) is 0 Å². The first-order valence-corrected chi connectivity index (χ1v) is 7.11. The van der Waals surface area contributed by atoms with E-state index >= 15 is 0 Å². The predicted octanol–water partition coefficient (Wildman–Crippen LogP) is 2.28. The third kappa shape index (κ3) is 2.15. The van der Waals surface area contributed by atoms with Crippen molar-refractivity contribution in [3.8, 4) is 0 Å². The van der Waals surface area contributed by atoms with Gasteiger partial charge in [-0.3, -0.25) is 0 Å². The van der Waals surface area contributed by atoms with Gasteiger partial charge in [0, 0.05) is 13.7 Å². The Kier molecular flexibility index (Phi) is 3.48. The standard InChI is InChI=1S/C13H18F3N3O2/c1-20-12(4-2-3-5-12)9-18-10(21-19-9)11(13(14,15)16)6-7-17-8-11/h17H,2-8H2,1H3. The van der Waals surface area contributed by atoms with Gasteiger partial charge in [-0.1, -0.05) is 5.16 Å². The Bertz CT molecular complexity index is 503. The monoisotopic (exact) mass is 305 g/mol. The summed E-state index contributed by atoms with van der Waals surface area (Å²) in [5, 5.41) is 6.55. The molecule has 1 saturated heterocycles. The van der Waals surface area contributed by atoms with Crippen molar-refractivity contribution < 1.29 is 22.4 Å². The van der Waals surface area contributed by atoms with E-state index in [1.165, 1.54) is 7.11 Å². The average Bonchev–Trinajstić information content (AvgIpc) is 3.17. The van der Waals surface area contributed by atoms with Crippen LogP contribution in [-0.2, 0) is 15.8 Å². The van der Waals surface area contributed by atoms with Crippen LogP contribution in [0.15, 0.2) is 4.52 Å². The van der Waals surface area contributed by atoms with Crippen molar-refractivity contribution in [1.29, 1.82) is 0 Å². The lowest BCUT2D eigenvalue weighted by molar-refractivity contribution is -0.191. The second-order valence-electron chi connectivity index (χ2n) is 5.84. The van der Waals surface area contributed by atoms with E-state index in [0.29, 0.717) is 12.8 Å². The number of halogens is 3. The summed E-state index contributed by atoms with van der Waals surface area (Å²) in [4.78, 5) is 4.09. The van der Waals surface area contributed by atoms with Gasteiger partial charge in [-0.05, 0) is 38.6 Å². The number of nitrogens with one attached hydrogen (secondary N) is 1. The topological polar surface area (TPSA) is 60.2 Å². The third-order valence-electron chi connectivity index (χ3n) is 4.74. The molecule has 2 heterocycles. The molecule has 0 spiro atoms. The molecule has 8 heteroatoms. The van der Waals surface area contributed by atoms with Crippen LogP contribution in [0, 0.1) is 0 Å². The summed E-state index contributed by atoms with van der Waals surface area (Å²) >= 11 is 0. The number of ether oxygens (including phenoxy) is 1. The lowest BCUT2D eigenvalue weighted by Crippen LogP contribution is -2.44. The summed E-state index contributed by atoms with van der Waals surface area (Å²) in [5.41, 5.74) is -2.77. The molecule has 1 atom stereocenters. The highest BCUT2D eigenvalue weighted by Gasteiger charge is 2.61. The minimum absolute atomic E-state index is 0.0852. The fourth-order valence-electron chi connectivity index (χ4n) is 3.31. The van der Waals surface area contributed by atoms with E-state index in [9.17, 15) is 13.2 Å². The fourth-order valence-corrected chi connectivity index (χ4v) is 3.31. The minimum atomic E-state index is -4.42. The van der Waals surface area contributed by atoms with Crippen molar-refractivity contribution >= 4 is 0 Å². The normalized spacial score (nSPS) is 29.1. The molecule has 1 N–H and O–H groups in total. The lowest BCUT2D eigenvalue weighted by atomic mass is 9.86. The summed E-state index contributed by atoms with van der Waals surface area (Å²) < 4.78 is 50.9. The van der Waals surface area contributed by atoms with Gasteiger partial charge in [0.1, 0.15) is 5.60 Å². The maximum absolute atomic E-state index is 13.5. The van der Waals surface area contributed by atoms with Crippen molar-refractivity contribution in [1.82, 2.24) is 15.5 Å². The number of hydrogen-bond donors (Lipinski definition) is 1. The van der Waals surface area contributed by atoms with Crippen molar-refractivity contribution in [2.45, 2.75) is 49.3 Å². The van der Waals surface area contributed by atoms with E-state index in [1.54, 1.807) is 0 Å². The molecule has 118 valence electrons. The first-order valence-electron chi connectivity index (χ1n) is 7.11. The Hall–Kier alpha value is -1.15. The largest absolute Gasteiger partial charge is 0.404 e. The van der Waals surface area contributed by atoms with Crippen LogP contribution >= 0.6 is 0 Å². The number of hydrogen-bond acceptors (Lipinski definition) is 5. The van der Waals surface area contributed by atoms with Crippen LogP contribution in [0.25, 0.3) is 0 Å². The first kappa shape index (κ1) is 14.8. The Balaban J connectivity index is 1.97. The van der Waals surface area contributed by atoms with Gasteiger partial charge in [-0.2, -0.15) is 18.2 Å². The van der Waals surface area contributed by atoms with Crippen LogP contribution < -0.4 is 5.32 Å². The molecule has 1 aliphatic carbocycles. The summed E-state index contributed by atoms with van der Waals surface area (Å²) in [6.07, 6.45) is -1.19. The van der Waals surface area contributed by atoms with Crippen LogP contribution in [0.4, 0.5) is 13.2 Å². The number of aromatic nitrogens is 2. The van der Waals surface area contributed by atoms with E-state index in [4.69, 9.17) is 9.26 Å². The van der Waals surface area contributed by atoms with Gasteiger partial charge in [0.25, 0.3) is 0 Å². The molecular weight excluding hydrogens is 287 g/mol. The fraction of sp³-hybridized carbons (Fsp3) is 0.846. The van der Waals surface area contributed by atoms with Crippen LogP contribution in [0.1, 0.15) is 43.8 Å². The van der Waals surface area contributed by atoms with Crippen molar-refractivity contribution in [3.05, 3.63) is 11.7 Å². The molecule has 1 unspecified atom stereocenters. The van der Waals surface area contributed by atoms with Crippen molar-refractivity contribution in [3.63, 3.8) is 0 Å². The van der Waals surface area contributed by atoms with Gasteiger partial charge in [0.2, 0.25) is 11.7 Å². The Labute approximate surface area is 120 Å². The zero-order valence-corrected chi connectivity index (χ0v) is 11.8. The highest BCUT2D eigenvalue weighted by molar-refractivity contribution is 5.16. The molecule has 1 aliphatic heterocycles. The smallest absolute Gasteiger partial charge is 0.370 e. The van der Waals surface area contributed by atoms with Crippen LogP contribution in [0.5, 0.6) is 0 Å². The lowest BCUT2D eigenvalue weighted by Gasteiger charge is -2.27. The van der Waals surface area contributed by atoms with Crippen molar-refractivity contribution in [2.75, 3.05) is 20.2 Å². The second-order valence-corrected chi connectivity index (χ2v) is 5.84. The molecule has 0 radical (unpaired) electrons. The Morgan fingerprint density at radius 2 is 1.95 bits per heavy atom. The summed E-state index contributed by atoms with van der Waals surface area (Å²) in [6.45, 7) is 0.0603. The van der Waals surface area contributed by atoms with E-state index in [2.05, 4.69) is 15.5 Å². The molecule has 1 saturated carbocycles. The molecule has 1 aromatic rings. The molecule has 3 rings (SSSR count). The Morgan fingerprint density at radius 1 is 1.24 bits per heavy atom. The first-order chi connectivity index (χ1) is 9.94. The zero-order valence-electron chi connectivity index (χ0n) is 11.8. The van der Waals surface area contributed by atoms with Gasteiger partial charge < -0.3 is 14.6 Å². The van der Waals surface area contributed by atoms with Crippen LogP contribution in [0.3, 0.4) is 0 Å². The molecule has 0 amide bonds. The van der Waals surface area contributed by atoms with E-state index in [-0.39, 0.29) is 31.2 Å². The van der Waals surface area contributed by atoms with Gasteiger partial charge in [0.15, 0.2) is 5.41 Å². The quantitative estimate of drug-likeness (QED) is 0.928. The maximum Gasteiger partial charge on any atom is 0.404 e. The maximum atomic E-state index is 13.5. The van der Waals surface area contributed by atoms with E-state index in [0.717, 1.165) is 12.8 Å².